The van der Waals surface area contributed by atoms with Gasteiger partial charge in [0, 0.05) is 51.5 Å². The molecule has 4 atom stereocenters. The number of amides is 3. The quantitative estimate of drug-likeness (QED) is 0.452. The number of piperidine rings is 1. The molecule has 1 saturated carbocycles. The molecule has 0 radical (unpaired) electrons. The molecule has 2 unspecified atom stereocenters. The maximum absolute atomic E-state index is 12.7. The molecule has 3 amide bonds. The Balaban J connectivity index is 1.13. The highest BCUT2D eigenvalue weighted by Crippen LogP contribution is 2.51. The summed E-state index contributed by atoms with van der Waals surface area (Å²) in [6.45, 7) is 7.50. The Morgan fingerprint density at radius 1 is 1.05 bits per heavy atom. The number of carbonyl (C=O) groups excluding carboxylic acids is 2. The zero-order chi connectivity index (χ0) is 26.8. The minimum absolute atomic E-state index is 0.0179. The van der Waals surface area contributed by atoms with Gasteiger partial charge in [0.15, 0.2) is 0 Å². The van der Waals surface area contributed by atoms with Gasteiger partial charge in [0.1, 0.15) is 5.82 Å². The monoisotopic (exact) mass is 522 g/mol. The Morgan fingerprint density at radius 3 is 2.32 bits per heavy atom. The number of hydrogen-bond acceptors (Lipinski definition) is 7. The van der Waals surface area contributed by atoms with Crippen LogP contribution in [0.4, 0.5) is 10.6 Å². The number of likely N-dealkylation sites (N-methyl/N-ethyl adjacent to an activating group) is 1. The highest BCUT2D eigenvalue weighted by Gasteiger charge is 2.55. The lowest BCUT2D eigenvalue weighted by Gasteiger charge is -2.34. The fraction of sp³-hybridized carbons (Fsp3) is 0.556. The van der Waals surface area contributed by atoms with Crippen molar-refractivity contribution in [3.8, 4) is 5.69 Å². The number of carbonyl (C=O) groups is 2. The van der Waals surface area contributed by atoms with E-state index < -0.39 is 5.69 Å². The fourth-order valence-corrected chi connectivity index (χ4v) is 5.93. The number of anilines is 1. The number of nitrogens with one attached hydrogen (secondary N) is 2. The van der Waals surface area contributed by atoms with Gasteiger partial charge in [-0.1, -0.05) is 12.1 Å². The number of nitrogens with zero attached hydrogens (tertiary/aromatic N) is 5. The van der Waals surface area contributed by atoms with Gasteiger partial charge in [0.2, 0.25) is 5.91 Å². The molecule has 5 rings (SSSR count). The summed E-state index contributed by atoms with van der Waals surface area (Å²) in [4.78, 5) is 47.4. The molecule has 0 spiro atoms. The lowest BCUT2D eigenvalue weighted by Crippen LogP contribution is -2.53. The Morgan fingerprint density at radius 2 is 1.71 bits per heavy atom. The van der Waals surface area contributed by atoms with Gasteiger partial charge in [-0.3, -0.25) is 19.6 Å². The van der Waals surface area contributed by atoms with Crippen molar-refractivity contribution in [2.24, 2.45) is 23.5 Å². The molecule has 1 aromatic heterocycles. The van der Waals surface area contributed by atoms with E-state index in [0.717, 1.165) is 49.5 Å². The summed E-state index contributed by atoms with van der Waals surface area (Å²) in [5, 5.41) is 5.56. The first-order valence-electron chi connectivity index (χ1n) is 13.5. The van der Waals surface area contributed by atoms with Gasteiger partial charge in [-0.15, -0.1) is 0 Å². The Labute approximate surface area is 223 Å². The van der Waals surface area contributed by atoms with Crippen molar-refractivity contribution in [3.63, 3.8) is 0 Å². The van der Waals surface area contributed by atoms with Crippen molar-refractivity contribution in [1.82, 2.24) is 29.6 Å². The van der Waals surface area contributed by atoms with E-state index in [1.807, 2.05) is 12.1 Å². The number of nitrogens with two attached hydrogens (primary N) is 1. The van der Waals surface area contributed by atoms with Crippen LogP contribution in [0, 0.1) is 17.8 Å². The van der Waals surface area contributed by atoms with E-state index >= 15 is 0 Å². The van der Waals surface area contributed by atoms with Gasteiger partial charge >= 0.3 is 11.7 Å². The van der Waals surface area contributed by atoms with E-state index in [1.165, 1.54) is 10.1 Å². The normalized spacial score (nSPS) is 23.7. The molecule has 204 valence electrons. The van der Waals surface area contributed by atoms with E-state index in [1.54, 1.807) is 29.1 Å². The molecule has 11 heteroatoms. The molecule has 3 heterocycles. The van der Waals surface area contributed by atoms with Crippen LogP contribution in [0.25, 0.3) is 5.69 Å². The van der Waals surface area contributed by atoms with Crippen molar-refractivity contribution in [2.75, 3.05) is 64.7 Å². The second kappa shape index (κ2) is 11.2. The molecule has 1 aromatic carbocycles. The van der Waals surface area contributed by atoms with Gasteiger partial charge in [-0.05, 0) is 68.5 Å². The molecule has 3 fully saturated rings. The minimum Gasteiger partial charge on any atom is -0.338 e. The largest absolute Gasteiger partial charge is 0.354 e. The number of benzene rings is 1. The number of piperazine rings is 1. The maximum atomic E-state index is 12.7. The second-order valence-corrected chi connectivity index (χ2v) is 10.7. The fourth-order valence-electron chi connectivity index (χ4n) is 5.93. The first kappa shape index (κ1) is 26.3. The summed E-state index contributed by atoms with van der Waals surface area (Å²) in [5.74, 6) is 2.54. The van der Waals surface area contributed by atoms with Crippen LogP contribution in [-0.2, 0) is 11.2 Å². The number of fused-ring (bicyclic) bond motifs is 1. The standard InChI is InChI=1S/C27H38N8O3/c1-18(34-16-22-21(14-28)23(22)17-34)13-19-3-5-20(6-4-19)35-8-7-24(31-27(35)38)30-26(37)33-11-9-32(10-12-33)25(36)15-29-2/h3-8,18,21-23,29H,9-17,28H2,1-2H3,(H,30,31,37,38)/t18?,21?,22-,23+. The zero-order valence-electron chi connectivity index (χ0n) is 22.2. The van der Waals surface area contributed by atoms with E-state index in [0.29, 0.717) is 32.2 Å². The molecule has 2 aromatic rings. The van der Waals surface area contributed by atoms with Crippen molar-refractivity contribution in [1.29, 1.82) is 0 Å². The third kappa shape index (κ3) is 5.59. The summed E-state index contributed by atoms with van der Waals surface area (Å²) >= 11 is 0. The molecule has 2 saturated heterocycles. The topological polar surface area (TPSA) is 129 Å². The summed E-state index contributed by atoms with van der Waals surface area (Å²) < 4.78 is 1.47. The van der Waals surface area contributed by atoms with Crippen LogP contribution >= 0.6 is 0 Å². The predicted octanol–water partition coefficient (Wildman–Crippen LogP) is 0.196. The van der Waals surface area contributed by atoms with E-state index in [-0.39, 0.29) is 24.3 Å². The SMILES string of the molecule is CNCC(=O)N1CCN(C(=O)Nc2ccn(-c3ccc(CC(C)N4C[C@@H]5C(CN)[C@@H]5C4)cc3)c(=O)n2)CC1. The first-order chi connectivity index (χ1) is 18.4. The van der Waals surface area contributed by atoms with Crippen LogP contribution in [0.3, 0.4) is 0 Å². The number of hydrogen-bond donors (Lipinski definition) is 3. The Hall–Kier alpha value is -3.28. The molecular formula is C27H38N8O3. The van der Waals surface area contributed by atoms with Crippen molar-refractivity contribution in [2.45, 2.75) is 19.4 Å². The predicted molar refractivity (Wildman–Crippen MR) is 145 cm³/mol. The van der Waals surface area contributed by atoms with Crippen LogP contribution in [0.15, 0.2) is 41.3 Å². The van der Waals surface area contributed by atoms with Crippen molar-refractivity contribution >= 4 is 17.8 Å². The van der Waals surface area contributed by atoms with Gasteiger partial charge in [0.05, 0.1) is 12.2 Å². The van der Waals surface area contributed by atoms with Crippen LogP contribution in [0.5, 0.6) is 0 Å². The van der Waals surface area contributed by atoms with Crippen molar-refractivity contribution in [3.05, 3.63) is 52.6 Å². The average Bonchev–Trinajstić information content (AvgIpc) is 3.39. The zero-order valence-corrected chi connectivity index (χ0v) is 22.2. The summed E-state index contributed by atoms with van der Waals surface area (Å²) in [6, 6.07) is 9.76. The average molecular weight is 523 g/mol. The number of rotatable bonds is 8. The van der Waals surface area contributed by atoms with E-state index in [4.69, 9.17) is 5.73 Å². The van der Waals surface area contributed by atoms with Crippen LogP contribution in [-0.4, -0.2) is 102 Å². The maximum Gasteiger partial charge on any atom is 0.354 e. The molecule has 38 heavy (non-hydrogen) atoms. The van der Waals surface area contributed by atoms with Crippen LogP contribution < -0.4 is 22.1 Å². The van der Waals surface area contributed by atoms with E-state index in [2.05, 4.69) is 39.6 Å². The Kier molecular flexibility index (Phi) is 7.78. The molecule has 4 N–H and O–H groups in total. The number of aromatic nitrogens is 2. The molecule has 11 nitrogen and oxygen atoms in total. The van der Waals surface area contributed by atoms with Gasteiger partial charge in [-0.2, -0.15) is 4.98 Å². The van der Waals surface area contributed by atoms with Crippen molar-refractivity contribution < 1.29 is 9.59 Å². The first-order valence-corrected chi connectivity index (χ1v) is 13.5. The Bertz CT molecular complexity index is 1200. The third-order valence-electron chi connectivity index (χ3n) is 8.33. The minimum atomic E-state index is -0.461. The highest BCUT2D eigenvalue weighted by molar-refractivity contribution is 5.88. The van der Waals surface area contributed by atoms with Gasteiger partial charge < -0.3 is 20.9 Å². The van der Waals surface area contributed by atoms with Gasteiger partial charge in [0.25, 0.3) is 0 Å². The molecule has 3 aliphatic rings. The summed E-state index contributed by atoms with van der Waals surface area (Å²) in [5.41, 5.74) is 7.34. The van der Waals surface area contributed by atoms with Crippen LogP contribution in [0.1, 0.15) is 12.5 Å². The van der Waals surface area contributed by atoms with Gasteiger partial charge in [-0.25, -0.2) is 9.59 Å². The summed E-state index contributed by atoms with van der Waals surface area (Å²) in [6.07, 6.45) is 2.59. The smallest absolute Gasteiger partial charge is 0.338 e. The summed E-state index contributed by atoms with van der Waals surface area (Å²) in [7, 11) is 1.73. The lowest BCUT2D eigenvalue weighted by atomic mass is 10.0. The van der Waals surface area contributed by atoms with E-state index in [9.17, 15) is 14.4 Å². The second-order valence-electron chi connectivity index (χ2n) is 10.7. The number of urea groups is 1. The molecule has 2 aliphatic heterocycles. The molecule has 1 aliphatic carbocycles. The highest BCUT2D eigenvalue weighted by atomic mass is 16.2. The number of likely N-dealkylation sites (tertiary alicyclic amines) is 1. The van der Waals surface area contributed by atoms with Crippen LogP contribution in [0.2, 0.25) is 0 Å². The third-order valence-corrected chi connectivity index (χ3v) is 8.33. The molecular weight excluding hydrogens is 484 g/mol. The lowest BCUT2D eigenvalue weighted by molar-refractivity contribution is -0.131. The molecule has 0 bridgehead atoms.